The molecule has 0 saturated carbocycles. The quantitative estimate of drug-likeness (QED) is 0.834. The lowest BCUT2D eigenvalue weighted by atomic mass is 9.99. The zero-order chi connectivity index (χ0) is 19.0. The van der Waals surface area contributed by atoms with E-state index in [0.717, 1.165) is 37.8 Å². The van der Waals surface area contributed by atoms with Crippen molar-refractivity contribution in [3.63, 3.8) is 0 Å². The van der Waals surface area contributed by atoms with Gasteiger partial charge in [0.1, 0.15) is 4.90 Å². The molecule has 4 rings (SSSR count). The summed E-state index contributed by atoms with van der Waals surface area (Å²) >= 11 is 0. The van der Waals surface area contributed by atoms with Crippen molar-refractivity contribution < 1.29 is 13.2 Å². The van der Waals surface area contributed by atoms with Gasteiger partial charge in [0, 0.05) is 19.2 Å². The van der Waals surface area contributed by atoms with Gasteiger partial charge in [0.15, 0.2) is 0 Å². The Morgan fingerprint density at radius 3 is 2.70 bits per heavy atom. The van der Waals surface area contributed by atoms with E-state index in [-0.39, 0.29) is 0 Å². The van der Waals surface area contributed by atoms with Crippen LogP contribution in [0.25, 0.3) is 0 Å². The highest BCUT2D eigenvalue weighted by Gasteiger charge is 2.33. The molecule has 3 heterocycles. The lowest BCUT2D eigenvalue weighted by molar-refractivity contribution is 0.179. The van der Waals surface area contributed by atoms with Crippen molar-refractivity contribution in [3.8, 4) is 5.88 Å². The number of piperidine rings is 1. The molecule has 9 heteroatoms. The first-order chi connectivity index (χ1) is 12.9. The summed E-state index contributed by atoms with van der Waals surface area (Å²) in [5.41, 5.74) is 3.44. The number of hydrogen-bond acceptors (Lipinski definition) is 6. The number of nitrogens with zero attached hydrogens (tertiary/aromatic N) is 4. The molecular formula is C18H25N5O3S. The van der Waals surface area contributed by atoms with E-state index in [1.165, 1.54) is 5.56 Å². The summed E-state index contributed by atoms with van der Waals surface area (Å²) in [6, 6.07) is 2.00. The summed E-state index contributed by atoms with van der Waals surface area (Å²) < 4.78 is 33.2. The third-order valence-corrected chi connectivity index (χ3v) is 7.66. The SMILES string of the molecule is Cc1n[nH]c(C)c1S(=O)(=O)N1CCC(COc2cc3c(nn2)CCC3)CC1. The molecule has 146 valence electrons. The van der Waals surface area contributed by atoms with Crippen molar-refractivity contribution in [2.45, 2.75) is 50.8 Å². The lowest BCUT2D eigenvalue weighted by Crippen LogP contribution is -2.40. The summed E-state index contributed by atoms with van der Waals surface area (Å²) in [6.07, 6.45) is 4.73. The van der Waals surface area contributed by atoms with Gasteiger partial charge in [-0.1, -0.05) is 0 Å². The second-order valence-electron chi connectivity index (χ2n) is 7.43. The van der Waals surface area contributed by atoms with Crippen molar-refractivity contribution in [3.05, 3.63) is 28.7 Å². The van der Waals surface area contributed by atoms with E-state index in [9.17, 15) is 8.42 Å². The Morgan fingerprint density at radius 2 is 2.00 bits per heavy atom. The molecule has 2 aromatic heterocycles. The molecule has 0 radical (unpaired) electrons. The molecule has 1 aliphatic heterocycles. The highest BCUT2D eigenvalue weighted by molar-refractivity contribution is 7.89. The highest BCUT2D eigenvalue weighted by atomic mass is 32.2. The van der Waals surface area contributed by atoms with Crippen LogP contribution in [0.4, 0.5) is 0 Å². The van der Waals surface area contributed by atoms with Crippen LogP contribution in [-0.4, -0.2) is 52.8 Å². The zero-order valence-electron chi connectivity index (χ0n) is 15.7. The Kier molecular flexibility index (Phi) is 4.90. The number of ether oxygens (including phenoxy) is 1. The van der Waals surface area contributed by atoms with Crippen LogP contribution in [0.2, 0.25) is 0 Å². The van der Waals surface area contributed by atoms with Gasteiger partial charge in [-0.05, 0) is 57.4 Å². The predicted octanol–water partition coefficient (Wildman–Crippen LogP) is 1.78. The fourth-order valence-electron chi connectivity index (χ4n) is 3.95. The van der Waals surface area contributed by atoms with Gasteiger partial charge in [0.2, 0.25) is 15.9 Å². The Hall–Kier alpha value is -2.00. The van der Waals surface area contributed by atoms with Crippen molar-refractivity contribution in [2.75, 3.05) is 19.7 Å². The van der Waals surface area contributed by atoms with Crippen LogP contribution in [0.5, 0.6) is 5.88 Å². The number of fused-ring (bicyclic) bond motifs is 1. The normalized spacial score (nSPS) is 18.6. The minimum Gasteiger partial charge on any atom is -0.476 e. The first-order valence-corrected chi connectivity index (χ1v) is 10.9. The smallest absolute Gasteiger partial charge is 0.246 e. The molecule has 1 N–H and O–H groups in total. The zero-order valence-corrected chi connectivity index (χ0v) is 16.5. The van der Waals surface area contributed by atoms with Crippen molar-refractivity contribution >= 4 is 10.0 Å². The second kappa shape index (κ2) is 7.20. The van der Waals surface area contributed by atoms with Gasteiger partial charge in [0.25, 0.3) is 0 Å². The van der Waals surface area contributed by atoms with Crippen molar-refractivity contribution in [2.24, 2.45) is 5.92 Å². The lowest BCUT2D eigenvalue weighted by Gasteiger charge is -2.31. The molecule has 0 amide bonds. The molecule has 0 spiro atoms. The highest BCUT2D eigenvalue weighted by Crippen LogP contribution is 2.27. The maximum Gasteiger partial charge on any atom is 0.246 e. The first-order valence-electron chi connectivity index (χ1n) is 9.45. The molecule has 2 aliphatic rings. The van der Waals surface area contributed by atoms with Gasteiger partial charge in [0.05, 0.1) is 23.7 Å². The number of hydrogen-bond donors (Lipinski definition) is 1. The summed E-state index contributed by atoms with van der Waals surface area (Å²) in [7, 11) is -3.50. The maximum absolute atomic E-state index is 12.9. The molecule has 8 nitrogen and oxygen atoms in total. The van der Waals surface area contributed by atoms with Crippen LogP contribution in [0.3, 0.4) is 0 Å². The van der Waals surface area contributed by atoms with E-state index in [4.69, 9.17) is 4.74 Å². The van der Waals surface area contributed by atoms with Gasteiger partial charge in [-0.2, -0.15) is 14.5 Å². The topological polar surface area (TPSA) is 101 Å². The number of sulfonamides is 1. The fourth-order valence-corrected chi connectivity index (χ4v) is 5.75. The van der Waals surface area contributed by atoms with Crippen LogP contribution in [0, 0.1) is 19.8 Å². The van der Waals surface area contributed by atoms with E-state index in [2.05, 4.69) is 20.4 Å². The van der Waals surface area contributed by atoms with E-state index >= 15 is 0 Å². The summed E-state index contributed by atoms with van der Waals surface area (Å²) in [5, 5.41) is 15.2. The number of aromatic amines is 1. The van der Waals surface area contributed by atoms with Gasteiger partial charge in [-0.3, -0.25) is 5.10 Å². The second-order valence-corrected chi connectivity index (χ2v) is 9.30. The molecule has 0 aromatic carbocycles. The number of aryl methyl sites for hydroxylation is 4. The van der Waals surface area contributed by atoms with Crippen LogP contribution in [0.15, 0.2) is 11.0 Å². The monoisotopic (exact) mass is 391 g/mol. The number of H-pyrrole nitrogens is 1. The Morgan fingerprint density at radius 1 is 1.22 bits per heavy atom. The minimum atomic E-state index is -3.50. The number of rotatable bonds is 5. The summed E-state index contributed by atoms with van der Waals surface area (Å²) in [5.74, 6) is 0.897. The molecule has 27 heavy (non-hydrogen) atoms. The molecular weight excluding hydrogens is 366 g/mol. The predicted molar refractivity (Wildman–Crippen MR) is 99.1 cm³/mol. The third-order valence-electron chi connectivity index (χ3n) is 5.50. The van der Waals surface area contributed by atoms with Crippen LogP contribution >= 0.6 is 0 Å². The van der Waals surface area contributed by atoms with Gasteiger partial charge in [-0.25, -0.2) is 8.42 Å². The average molecular weight is 391 g/mol. The van der Waals surface area contributed by atoms with Crippen molar-refractivity contribution in [1.82, 2.24) is 24.7 Å². The van der Waals surface area contributed by atoms with Gasteiger partial charge in [-0.15, -0.1) is 5.10 Å². The molecule has 1 aliphatic carbocycles. The molecule has 1 saturated heterocycles. The van der Waals surface area contributed by atoms with E-state index < -0.39 is 10.0 Å². The van der Waals surface area contributed by atoms with E-state index in [1.54, 1.807) is 18.2 Å². The first kappa shape index (κ1) is 18.4. The van der Waals surface area contributed by atoms with Gasteiger partial charge >= 0.3 is 0 Å². The molecule has 0 unspecified atom stereocenters. The number of aromatic nitrogens is 4. The molecule has 0 atom stereocenters. The fraction of sp³-hybridized carbons (Fsp3) is 0.611. The van der Waals surface area contributed by atoms with Crippen LogP contribution in [-0.2, 0) is 22.9 Å². The Balaban J connectivity index is 1.34. The minimum absolute atomic E-state index is 0.311. The number of nitrogens with one attached hydrogen (secondary N) is 1. The van der Waals surface area contributed by atoms with Gasteiger partial charge < -0.3 is 4.74 Å². The summed E-state index contributed by atoms with van der Waals surface area (Å²) in [4.78, 5) is 0.311. The molecule has 1 fully saturated rings. The largest absolute Gasteiger partial charge is 0.476 e. The third kappa shape index (κ3) is 3.58. The Bertz CT molecular complexity index is 913. The van der Waals surface area contributed by atoms with E-state index in [0.29, 0.717) is 47.8 Å². The maximum atomic E-state index is 12.9. The van der Waals surface area contributed by atoms with Crippen LogP contribution in [0.1, 0.15) is 41.9 Å². The standard InChI is InChI=1S/C18H25N5O3S/c1-12-18(13(2)20-19-12)27(24,25)23-8-6-14(7-9-23)11-26-17-10-15-4-3-5-16(15)21-22-17/h10,14H,3-9,11H2,1-2H3,(H,19,20). The summed E-state index contributed by atoms with van der Waals surface area (Å²) in [6.45, 7) is 5.00. The Labute approximate surface area is 159 Å². The average Bonchev–Trinajstić information content (AvgIpc) is 3.26. The molecule has 0 bridgehead atoms. The molecule has 2 aromatic rings. The van der Waals surface area contributed by atoms with Crippen molar-refractivity contribution in [1.29, 1.82) is 0 Å². The van der Waals surface area contributed by atoms with Crippen LogP contribution < -0.4 is 4.74 Å². The van der Waals surface area contributed by atoms with E-state index in [1.807, 2.05) is 6.07 Å².